The lowest BCUT2D eigenvalue weighted by Crippen LogP contribution is -2.02. The monoisotopic (exact) mass is 323 g/mol. The third kappa shape index (κ3) is 2.09. The summed E-state index contributed by atoms with van der Waals surface area (Å²) >= 11 is 0. The molecule has 4 aromatic rings. The normalized spacial score (nSPS) is 12.0. The summed E-state index contributed by atoms with van der Waals surface area (Å²) in [4.78, 5) is 3.26. The lowest BCUT2D eigenvalue weighted by Gasteiger charge is -2.07. The van der Waals surface area contributed by atoms with Gasteiger partial charge in [-0.15, -0.1) is 0 Å². The number of hydrogen-bond donors (Lipinski definition) is 2. The summed E-state index contributed by atoms with van der Waals surface area (Å²) in [5, 5.41) is 11.9. The van der Waals surface area contributed by atoms with Crippen LogP contribution in [0.3, 0.4) is 0 Å². The Morgan fingerprint density at radius 1 is 0.783 bits per heavy atom. The van der Waals surface area contributed by atoms with Crippen LogP contribution < -0.4 is 0 Å². The second kappa shape index (κ2) is 4.86. The summed E-state index contributed by atoms with van der Waals surface area (Å²) in [6.07, 6.45) is 0. The highest BCUT2D eigenvalue weighted by Gasteiger charge is 2.22. The molecule has 0 aliphatic heterocycles. The molecule has 0 saturated heterocycles. The van der Waals surface area contributed by atoms with Gasteiger partial charge in [-0.25, -0.2) is 8.42 Å². The number of rotatable bonds is 2. The van der Waals surface area contributed by atoms with Crippen molar-refractivity contribution in [3.63, 3.8) is 0 Å². The van der Waals surface area contributed by atoms with Crippen molar-refractivity contribution < 1.29 is 13.5 Å². The van der Waals surface area contributed by atoms with Crippen molar-refractivity contribution >= 4 is 31.6 Å². The summed E-state index contributed by atoms with van der Waals surface area (Å²) < 4.78 is 25.6. The largest absolute Gasteiger partial charge is 0.506 e. The standard InChI is InChI=1S/C18H13NO3S/c20-17-11-16-14(13-8-4-5-9-15(13)19-16)10-18(17)23(21,22)12-6-2-1-3-7-12/h1-11,19-20H. The fourth-order valence-corrected chi connectivity index (χ4v) is 4.19. The lowest BCUT2D eigenvalue weighted by atomic mass is 10.1. The first kappa shape index (κ1) is 13.8. The average molecular weight is 323 g/mol. The number of hydrogen-bond acceptors (Lipinski definition) is 3. The number of sulfone groups is 1. The molecule has 4 nitrogen and oxygen atoms in total. The van der Waals surface area contributed by atoms with Crippen LogP contribution in [0.4, 0.5) is 0 Å². The van der Waals surface area contributed by atoms with E-state index in [0.717, 1.165) is 16.3 Å². The summed E-state index contributed by atoms with van der Waals surface area (Å²) in [6, 6.07) is 18.7. The number of aromatic hydroxyl groups is 1. The number of H-pyrrole nitrogens is 1. The first-order valence-electron chi connectivity index (χ1n) is 7.11. The van der Waals surface area contributed by atoms with Gasteiger partial charge in [0.2, 0.25) is 9.84 Å². The molecule has 114 valence electrons. The minimum atomic E-state index is -3.77. The van der Waals surface area contributed by atoms with Gasteiger partial charge in [0.1, 0.15) is 10.6 Å². The van der Waals surface area contributed by atoms with Crippen LogP contribution in [0.25, 0.3) is 21.8 Å². The topological polar surface area (TPSA) is 70.2 Å². The molecule has 0 saturated carbocycles. The fourth-order valence-electron chi connectivity index (χ4n) is 2.81. The number of benzene rings is 3. The van der Waals surface area contributed by atoms with Crippen molar-refractivity contribution in [2.24, 2.45) is 0 Å². The maximum Gasteiger partial charge on any atom is 0.210 e. The Labute approximate surface area is 132 Å². The minimum absolute atomic E-state index is 0.0825. The molecule has 0 atom stereocenters. The van der Waals surface area contributed by atoms with E-state index in [-0.39, 0.29) is 15.5 Å². The maximum absolute atomic E-state index is 12.8. The van der Waals surface area contributed by atoms with E-state index in [9.17, 15) is 13.5 Å². The van der Waals surface area contributed by atoms with Crippen molar-refractivity contribution in [2.75, 3.05) is 0 Å². The Hall–Kier alpha value is -2.79. The second-order valence-corrected chi connectivity index (χ2v) is 7.27. The van der Waals surface area contributed by atoms with Crippen molar-refractivity contribution in [3.8, 4) is 5.75 Å². The summed E-state index contributed by atoms with van der Waals surface area (Å²) in [7, 11) is -3.77. The first-order chi connectivity index (χ1) is 11.1. The van der Waals surface area contributed by atoms with Crippen LogP contribution in [0, 0.1) is 0 Å². The highest BCUT2D eigenvalue weighted by atomic mass is 32.2. The molecule has 3 aromatic carbocycles. The Bertz CT molecular complexity index is 1130. The number of fused-ring (bicyclic) bond motifs is 3. The molecular weight excluding hydrogens is 310 g/mol. The molecule has 0 amide bonds. The molecule has 1 heterocycles. The maximum atomic E-state index is 12.8. The van der Waals surface area contributed by atoms with Crippen LogP contribution in [0.2, 0.25) is 0 Å². The Morgan fingerprint density at radius 2 is 1.48 bits per heavy atom. The Morgan fingerprint density at radius 3 is 2.26 bits per heavy atom. The predicted molar refractivity (Wildman–Crippen MR) is 89.4 cm³/mol. The van der Waals surface area contributed by atoms with E-state index in [4.69, 9.17) is 0 Å². The molecule has 23 heavy (non-hydrogen) atoms. The number of phenols is 1. The molecule has 0 bridgehead atoms. The van der Waals surface area contributed by atoms with Crippen LogP contribution in [-0.2, 0) is 9.84 Å². The van der Waals surface area contributed by atoms with E-state index in [1.807, 2.05) is 24.3 Å². The zero-order valence-corrected chi connectivity index (χ0v) is 12.8. The van der Waals surface area contributed by atoms with Crippen molar-refractivity contribution in [2.45, 2.75) is 9.79 Å². The molecule has 0 aliphatic carbocycles. The van der Waals surface area contributed by atoms with Gasteiger partial charge >= 0.3 is 0 Å². The fraction of sp³-hybridized carbons (Fsp3) is 0. The van der Waals surface area contributed by atoms with Gasteiger partial charge < -0.3 is 10.1 Å². The number of aromatic amines is 1. The molecule has 2 N–H and O–H groups in total. The third-order valence-corrected chi connectivity index (χ3v) is 5.73. The van der Waals surface area contributed by atoms with Gasteiger partial charge in [0.15, 0.2) is 0 Å². The SMILES string of the molecule is O=S(=O)(c1ccccc1)c1cc2c(cc1O)[nH]c1ccccc12. The number of nitrogens with one attached hydrogen (secondary N) is 1. The Kier molecular flexibility index (Phi) is 2.92. The quantitative estimate of drug-likeness (QED) is 0.588. The van der Waals surface area contributed by atoms with E-state index in [2.05, 4.69) is 4.98 Å². The molecular formula is C18H13NO3S. The smallest absolute Gasteiger partial charge is 0.210 e. The van der Waals surface area contributed by atoms with Gasteiger partial charge in [0.25, 0.3) is 0 Å². The van der Waals surface area contributed by atoms with Crippen molar-refractivity contribution in [1.82, 2.24) is 4.98 Å². The molecule has 0 radical (unpaired) electrons. The minimum Gasteiger partial charge on any atom is -0.506 e. The van der Waals surface area contributed by atoms with Crippen LogP contribution in [-0.4, -0.2) is 18.5 Å². The average Bonchev–Trinajstić information content (AvgIpc) is 2.92. The van der Waals surface area contributed by atoms with E-state index in [0.29, 0.717) is 5.52 Å². The second-order valence-electron chi connectivity index (χ2n) is 5.35. The molecule has 0 aliphatic rings. The van der Waals surface area contributed by atoms with Crippen LogP contribution in [0.1, 0.15) is 0 Å². The van der Waals surface area contributed by atoms with Gasteiger partial charge in [0.05, 0.1) is 10.4 Å². The Balaban J connectivity index is 2.04. The molecule has 0 fully saturated rings. The third-order valence-electron chi connectivity index (χ3n) is 3.93. The number of para-hydroxylation sites is 1. The highest BCUT2D eigenvalue weighted by Crippen LogP contribution is 2.35. The lowest BCUT2D eigenvalue weighted by molar-refractivity contribution is 0.460. The molecule has 0 spiro atoms. The molecule has 1 aromatic heterocycles. The number of aromatic nitrogens is 1. The van der Waals surface area contributed by atoms with E-state index in [1.54, 1.807) is 18.2 Å². The summed E-state index contributed by atoms with van der Waals surface area (Å²) in [5.41, 5.74) is 1.60. The number of phenolic OH excluding ortho intramolecular Hbond substituents is 1. The zero-order chi connectivity index (χ0) is 16.0. The van der Waals surface area contributed by atoms with Gasteiger partial charge in [-0.1, -0.05) is 36.4 Å². The van der Waals surface area contributed by atoms with Crippen LogP contribution in [0.15, 0.2) is 76.5 Å². The van der Waals surface area contributed by atoms with Gasteiger partial charge in [-0.2, -0.15) is 0 Å². The van der Waals surface area contributed by atoms with E-state index in [1.165, 1.54) is 24.3 Å². The summed E-state index contributed by atoms with van der Waals surface area (Å²) in [6.45, 7) is 0. The van der Waals surface area contributed by atoms with Crippen LogP contribution in [0.5, 0.6) is 5.75 Å². The molecule has 0 unspecified atom stereocenters. The molecule has 5 heteroatoms. The zero-order valence-electron chi connectivity index (χ0n) is 12.0. The van der Waals surface area contributed by atoms with E-state index < -0.39 is 9.84 Å². The predicted octanol–water partition coefficient (Wildman–Crippen LogP) is 3.86. The highest BCUT2D eigenvalue weighted by molar-refractivity contribution is 7.91. The van der Waals surface area contributed by atoms with Gasteiger partial charge in [-0.3, -0.25) is 0 Å². The van der Waals surface area contributed by atoms with Crippen molar-refractivity contribution in [3.05, 3.63) is 66.7 Å². The summed E-state index contributed by atoms with van der Waals surface area (Å²) in [5.74, 6) is -0.257. The van der Waals surface area contributed by atoms with Crippen molar-refractivity contribution in [1.29, 1.82) is 0 Å². The van der Waals surface area contributed by atoms with Gasteiger partial charge in [-0.05, 0) is 24.3 Å². The molecule has 4 rings (SSSR count). The van der Waals surface area contributed by atoms with Crippen LogP contribution >= 0.6 is 0 Å². The van der Waals surface area contributed by atoms with E-state index >= 15 is 0 Å². The first-order valence-corrected chi connectivity index (χ1v) is 8.59. The van der Waals surface area contributed by atoms with Gasteiger partial charge in [0, 0.05) is 22.4 Å².